The topological polar surface area (TPSA) is 0 Å². The van der Waals surface area contributed by atoms with E-state index in [1.54, 1.807) is 0 Å². The summed E-state index contributed by atoms with van der Waals surface area (Å²) in [4.78, 5) is 0. The second kappa shape index (κ2) is 25.6. The van der Waals surface area contributed by atoms with E-state index in [0.717, 1.165) is 18.4 Å². The molecule has 0 aromatic heterocycles. The zero-order chi connectivity index (χ0) is 32.4. The first kappa shape index (κ1) is 45.7. The van der Waals surface area contributed by atoms with Gasteiger partial charge in [-0.3, -0.25) is 0 Å². The van der Waals surface area contributed by atoms with E-state index in [-0.39, 0.29) is 64.7 Å². The fourth-order valence-electron chi connectivity index (χ4n) is 5.50. The Morgan fingerprint density at radius 3 is 1.96 bits per heavy atom. The fraction of sp³-hybridized carbons (Fsp3) is 0.372. The van der Waals surface area contributed by atoms with E-state index in [1.165, 1.54) is 50.1 Å². The molecule has 0 fully saturated rings. The van der Waals surface area contributed by atoms with E-state index >= 15 is 0 Å². The van der Waals surface area contributed by atoms with E-state index in [1.807, 2.05) is 69.2 Å². The summed E-state index contributed by atoms with van der Waals surface area (Å²) in [6, 6.07) is 36.2. The normalized spacial score (nSPS) is 12.9. The van der Waals surface area contributed by atoms with Crippen LogP contribution in [0.2, 0.25) is 0 Å². The van der Waals surface area contributed by atoms with Gasteiger partial charge in [-0.05, 0) is 11.5 Å². The van der Waals surface area contributed by atoms with Gasteiger partial charge in [-0.15, -0.1) is 35.4 Å². The fourth-order valence-corrected chi connectivity index (χ4v) is 5.50. The summed E-state index contributed by atoms with van der Waals surface area (Å²) in [5.41, 5.74) is 12.7. The van der Waals surface area contributed by atoms with Crippen molar-refractivity contribution in [2.75, 3.05) is 0 Å². The van der Waals surface area contributed by atoms with Gasteiger partial charge in [0.2, 0.25) is 0 Å². The maximum atomic E-state index is 3.85. The van der Waals surface area contributed by atoms with Crippen LogP contribution in [-0.4, -0.2) is 0 Å². The third-order valence-electron chi connectivity index (χ3n) is 7.21. The Balaban J connectivity index is 0. The van der Waals surface area contributed by atoms with Crippen molar-refractivity contribution in [2.45, 2.75) is 108 Å². The first-order chi connectivity index (χ1) is 21.3. The number of rotatable bonds is 5. The number of hydrogen-bond donors (Lipinski definition) is 0. The Morgan fingerprint density at radius 1 is 0.711 bits per heavy atom. The zero-order valence-corrected chi connectivity index (χ0v) is 32.8. The van der Waals surface area contributed by atoms with Crippen molar-refractivity contribution >= 4 is 5.57 Å². The Morgan fingerprint density at radius 2 is 1.33 bits per heavy atom. The van der Waals surface area contributed by atoms with Gasteiger partial charge in [-0.2, -0.15) is 72.0 Å². The molecule has 2 heteroatoms. The van der Waals surface area contributed by atoms with Crippen LogP contribution in [0.4, 0.5) is 0 Å². The van der Waals surface area contributed by atoms with Crippen molar-refractivity contribution in [3.8, 4) is 11.1 Å². The van der Waals surface area contributed by atoms with Crippen molar-refractivity contribution in [2.24, 2.45) is 0 Å². The van der Waals surface area contributed by atoms with Crippen LogP contribution in [0.5, 0.6) is 0 Å². The molecule has 6 rings (SSSR count). The summed E-state index contributed by atoms with van der Waals surface area (Å²) in [7, 11) is 0. The van der Waals surface area contributed by atoms with Gasteiger partial charge in [-0.1, -0.05) is 130 Å². The van der Waals surface area contributed by atoms with Crippen molar-refractivity contribution in [1.29, 1.82) is 0 Å². The van der Waals surface area contributed by atoms with Gasteiger partial charge < -0.3 is 6.42 Å². The van der Waals surface area contributed by atoms with Crippen molar-refractivity contribution < 1.29 is 58.8 Å². The minimum Gasteiger partial charge on any atom is -0.326 e. The average Bonchev–Trinajstić information content (AvgIpc) is 3.69. The smallest absolute Gasteiger partial charge is 0.326 e. The first-order valence-electron chi connectivity index (χ1n) is 16.9. The third-order valence-corrected chi connectivity index (χ3v) is 7.21. The standard InChI is InChI=1S/C33H26.5C2H6.Ar.Pt/c1-3-22(4-2)23-12-9-13-27(18-23)33-31-15-8-7-14-29(31)30-17-16-26(21-32(30)33)28-19-24-10-5-6-11-25(24)20-28;5*1-2;;/h3,5-17,22,33H,4,19H2,1-2H3;5*1-2H3;;/q-4;;;;;;;+4. The maximum absolute atomic E-state index is 3.85. The van der Waals surface area contributed by atoms with Crippen LogP contribution >= 0.6 is 0 Å². The molecule has 0 saturated carbocycles. The third kappa shape index (κ3) is 11.1. The summed E-state index contributed by atoms with van der Waals surface area (Å²) in [5, 5.41) is 0. The molecule has 0 aliphatic heterocycles. The number of fused-ring (bicyclic) bond motifs is 4. The predicted molar refractivity (Wildman–Crippen MR) is 193 cm³/mol. The van der Waals surface area contributed by atoms with Crippen LogP contribution in [0.1, 0.15) is 140 Å². The number of hydrogen-bond acceptors (Lipinski definition) is 0. The van der Waals surface area contributed by atoms with Gasteiger partial charge >= 0.3 is 21.1 Å². The largest absolute Gasteiger partial charge is 4.00 e. The van der Waals surface area contributed by atoms with Crippen molar-refractivity contribution in [3.05, 3.63) is 142 Å². The molecule has 0 saturated heterocycles. The molecule has 2 unspecified atom stereocenters. The van der Waals surface area contributed by atoms with Gasteiger partial charge in [0.1, 0.15) is 0 Å². The molecule has 0 amide bonds. The summed E-state index contributed by atoms with van der Waals surface area (Å²) in [5.74, 6) is 0.600. The minimum absolute atomic E-state index is 0. The quantitative estimate of drug-likeness (QED) is 0.155. The number of allylic oxidation sites excluding steroid dienone is 1. The van der Waals surface area contributed by atoms with Gasteiger partial charge in [0.15, 0.2) is 0 Å². The molecule has 0 nitrogen and oxygen atoms in total. The summed E-state index contributed by atoms with van der Waals surface area (Å²) >= 11 is 0. The maximum Gasteiger partial charge on any atom is 4.00 e. The van der Waals surface area contributed by atoms with Gasteiger partial charge in [0.25, 0.3) is 0 Å². The van der Waals surface area contributed by atoms with Crippen LogP contribution in [0.3, 0.4) is 0 Å². The van der Waals surface area contributed by atoms with E-state index in [4.69, 9.17) is 0 Å². The molecule has 2 aliphatic rings. The molecular weight excluding hydrogens is 751 g/mol. The molecule has 2 atom stereocenters. The van der Waals surface area contributed by atoms with Crippen LogP contribution in [0, 0.1) is 62.4 Å². The molecule has 0 heterocycles. The second-order valence-corrected chi connectivity index (χ2v) is 9.07. The summed E-state index contributed by atoms with van der Waals surface area (Å²) in [6.07, 6.45) is 7.94. The molecule has 4 aromatic rings. The second-order valence-electron chi connectivity index (χ2n) is 9.07. The van der Waals surface area contributed by atoms with Crippen molar-refractivity contribution in [3.63, 3.8) is 0 Å². The molecule has 0 bridgehead atoms. The minimum atomic E-state index is 0. The summed E-state index contributed by atoms with van der Waals surface area (Å²) < 4.78 is 0. The average molecular weight is 808 g/mol. The van der Waals surface area contributed by atoms with Crippen LogP contribution < -0.4 is 0 Å². The van der Waals surface area contributed by atoms with E-state index in [2.05, 4.69) is 117 Å². The Labute approximate surface area is 322 Å². The van der Waals surface area contributed by atoms with Crippen molar-refractivity contribution in [1.82, 2.24) is 0 Å². The SMILES string of the molecule is CC.CC.CC.CC.CC.C[CH-]C(CC)c1[c-]c(C2c3[c-]c(C4=[C-]c5ccccc5C4)ccc3-c3ccccc32)ccc1.[Ar].[Pt+4]. The van der Waals surface area contributed by atoms with E-state index < -0.39 is 0 Å². The monoisotopic (exact) mass is 807 g/mol. The van der Waals surface area contributed by atoms with Crippen LogP contribution in [0.15, 0.2) is 78.9 Å². The molecule has 246 valence electrons. The van der Waals surface area contributed by atoms with Gasteiger partial charge in [-0.25, -0.2) is 11.1 Å². The van der Waals surface area contributed by atoms with Crippen LogP contribution in [-0.2, 0) is 27.5 Å². The zero-order valence-electron chi connectivity index (χ0n) is 29.8. The molecule has 0 spiro atoms. The molecule has 4 aromatic carbocycles. The first-order valence-corrected chi connectivity index (χ1v) is 16.9. The Bertz CT molecular complexity index is 1380. The van der Waals surface area contributed by atoms with Gasteiger partial charge in [0.05, 0.1) is 0 Å². The molecule has 2 aliphatic carbocycles. The molecule has 0 radical (unpaired) electrons. The Kier molecular flexibility index (Phi) is 26.0. The Hall–Kier alpha value is -1.43. The van der Waals surface area contributed by atoms with Gasteiger partial charge in [0, 0.05) is 37.7 Å². The molecular formula is C43H56ArPt. The molecule has 0 N–H and O–H groups in total. The van der Waals surface area contributed by atoms with Crippen LogP contribution in [0.25, 0.3) is 16.7 Å². The van der Waals surface area contributed by atoms with E-state index in [0.29, 0.717) is 5.92 Å². The number of benzene rings is 4. The predicted octanol–water partition coefficient (Wildman–Crippen LogP) is 13.1. The summed E-state index contributed by atoms with van der Waals surface area (Å²) in [6.45, 7) is 24.4. The van der Waals surface area contributed by atoms with E-state index in [9.17, 15) is 0 Å². The molecule has 45 heavy (non-hydrogen) atoms.